The predicted octanol–water partition coefficient (Wildman–Crippen LogP) is 4.29. The summed E-state index contributed by atoms with van der Waals surface area (Å²) in [6.07, 6.45) is 6.65. The molecule has 4 rings (SSSR count). The van der Waals surface area contributed by atoms with Crippen LogP contribution in [0.2, 0.25) is 0 Å². The van der Waals surface area contributed by atoms with Crippen LogP contribution in [0, 0.1) is 5.92 Å². The van der Waals surface area contributed by atoms with Gasteiger partial charge in [-0.1, -0.05) is 19.4 Å². The molecular weight excluding hydrogens is 328 g/mol. The molecule has 26 heavy (non-hydrogen) atoms. The number of nitrogens with zero attached hydrogens (tertiary/aromatic N) is 2. The summed E-state index contributed by atoms with van der Waals surface area (Å²) in [5.74, 6) is 1.80. The second-order valence-electron chi connectivity index (χ2n) is 6.78. The SMILES string of the molecule is C=C1c2ncccc2C(=O)N1c1ccc(OC)c(OCC2CCCC2)c1. The average Bonchev–Trinajstić information content (AvgIpc) is 3.27. The number of ether oxygens (including phenoxy) is 2. The lowest BCUT2D eigenvalue weighted by atomic mass is 10.1. The Morgan fingerprint density at radius 2 is 2.04 bits per heavy atom. The highest BCUT2D eigenvalue weighted by atomic mass is 16.5. The van der Waals surface area contributed by atoms with Crippen LogP contribution in [0.1, 0.15) is 41.7 Å². The third kappa shape index (κ3) is 2.83. The van der Waals surface area contributed by atoms with E-state index in [2.05, 4.69) is 11.6 Å². The quantitative estimate of drug-likeness (QED) is 0.807. The van der Waals surface area contributed by atoms with Gasteiger partial charge in [-0.05, 0) is 43.0 Å². The first-order valence-corrected chi connectivity index (χ1v) is 8.98. The predicted molar refractivity (Wildman–Crippen MR) is 101 cm³/mol. The highest BCUT2D eigenvalue weighted by Gasteiger charge is 2.33. The first-order chi connectivity index (χ1) is 12.7. The molecule has 1 aliphatic carbocycles. The number of rotatable bonds is 5. The Hall–Kier alpha value is -2.82. The van der Waals surface area contributed by atoms with Gasteiger partial charge in [-0.2, -0.15) is 0 Å². The van der Waals surface area contributed by atoms with E-state index in [1.807, 2.05) is 18.2 Å². The Morgan fingerprint density at radius 3 is 2.77 bits per heavy atom. The number of aromatic nitrogens is 1. The van der Waals surface area contributed by atoms with Crippen molar-refractivity contribution < 1.29 is 14.3 Å². The molecule has 0 radical (unpaired) electrons. The maximum Gasteiger partial charge on any atom is 0.265 e. The van der Waals surface area contributed by atoms with Crippen LogP contribution < -0.4 is 14.4 Å². The zero-order valence-electron chi connectivity index (χ0n) is 14.9. The largest absolute Gasteiger partial charge is 0.493 e. The van der Waals surface area contributed by atoms with Gasteiger partial charge in [-0.15, -0.1) is 0 Å². The minimum absolute atomic E-state index is 0.120. The molecule has 0 N–H and O–H groups in total. The fourth-order valence-electron chi connectivity index (χ4n) is 3.73. The molecule has 0 spiro atoms. The maximum atomic E-state index is 12.8. The van der Waals surface area contributed by atoms with Gasteiger partial charge >= 0.3 is 0 Å². The fourth-order valence-corrected chi connectivity index (χ4v) is 3.73. The number of benzene rings is 1. The summed E-state index contributed by atoms with van der Waals surface area (Å²) in [5.41, 5.74) is 2.49. The first-order valence-electron chi connectivity index (χ1n) is 8.98. The highest BCUT2D eigenvalue weighted by Crippen LogP contribution is 2.39. The van der Waals surface area contributed by atoms with Crippen LogP contribution in [0.5, 0.6) is 11.5 Å². The number of carbonyl (C=O) groups excluding carboxylic acids is 1. The van der Waals surface area contributed by atoms with Crippen molar-refractivity contribution in [2.75, 3.05) is 18.6 Å². The van der Waals surface area contributed by atoms with Crippen LogP contribution in [0.4, 0.5) is 5.69 Å². The van der Waals surface area contributed by atoms with Crippen molar-refractivity contribution in [1.82, 2.24) is 4.98 Å². The van der Waals surface area contributed by atoms with Gasteiger partial charge in [0.15, 0.2) is 11.5 Å². The van der Waals surface area contributed by atoms with E-state index in [0.29, 0.717) is 46.7 Å². The summed E-state index contributed by atoms with van der Waals surface area (Å²) in [6, 6.07) is 9.06. The summed E-state index contributed by atoms with van der Waals surface area (Å²) in [6.45, 7) is 4.73. The second-order valence-corrected chi connectivity index (χ2v) is 6.78. The molecule has 2 aliphatic rings. The number of amides is 1. The van der Waals surface area contributed by atoms with E-state index >= 15 is 0 Å². The Balaban J connectivity index is 1.62. The molecule has 1 aliphatic heterocycles. The summed E-state index contributed by atoms with van der Waals surface area (Å²) in [4.78, 5) is 18.7. The summed E-state index contributed by atoms with van der Waals surface area (Å²) in [5, 5.41) is 0. The number of pyridine rings is 1. The molecule has 2 heterocycles. The maximum absolute atomic E-state index is 12.8. The number of fused-ring (bicyclic) bond motifs is 1. The Kier molecular flexibility index (Phi) is 4.37. The molecular formula is C21H22N2O3. The minimum Gasteiger partial charge on any atom is -0.493 e. The van der Waals surface area contributed by atoms with Crippen molar-refractivity contribution in [2.45, 2.75) is 25.7 Å². The molecule has 2 aromatic rings. The highest BCUT2D eigenvalue weighted by molar-refractivity contribution is 6.21. The van der Waals surface area contributed by atoms with E-state index in [1.54, 1.807) is 30.3 Å². The van der Waals surface area contributed by atoms with Gasteiger partial charge in [0.2, 0.25) is 0 Å². The summed E-state index contributed by atoms with van der Waals surface area (Å²) >= 11 is 0. The van der Waals surface area contributed by atoms with Crippen molar-refractivity contribution in [3.63, 3.8) is 0 Å². The van der Waals surface area contributed by atoms with Gasteiger partial charge in [0.1, 0.15) is 0 Å². The van der Waals surface area contributed by atoms with E-state index < -0.39 is 0 Å². The molecule has 1 aromatic heterocycles. The van der Waals surface area contributed by atoms with Crippen molar-refractivity contribution in [2.24, 2.45) is 5.92 Å². The number of methoxy groups -OCH3 is 1. The number of hydrogen-bond acceptors (Lipinski definition) is 4. The molecule has 1 aromatic carbocycles. The van der Waals surface area contributed by atoms with Crippen molar-refractivity contribution in [1.29, 1.82) is 0 Å². The van der Waals surface area contributed by atoms with E-state index in [0.717, 1.165) is 0 Å². The molecule has 0 atom stereocenters. The lowest BCUT2D eigenvalue weighted by Gasteiger charge is -2.20. The van der Waals surface area contributed by atoms with Gasteiger partial charge in [0.25, 0.3) is 5.91 Å². The Bertz CT molecular complexity index is 821. The smallest absolute Gasteiger partial charge is 0.265 e. The molecule has 0 bridgehead atoms. The zero-order valence-corrected chi connectivity index (χ0v) is 14.9. The molecule has 5 nitrogen and oxygen atoms in total. The van der Waals surface area contributed by atoms with Gasteiger partial charge in [0.05, 0.1) is 36.4 Å². The van der Waals surface area contributed by atoms with Crippen molar-refractivity contribution in [3.8, 4) is 11.5 Å². The standard InChI is InChI=1S/C21H22N2O3/c1-14-20-17(8-5-11-22-20)21(24)23(14)16-9-10-18(25-2)19(12-16)26-13-15-6-3-4-7-15/h5,8-12,15H,1,3-4,6-7,13H2,2H3. The first kappa shape index (κ1) is 16.6. The van der Waals surface area contributed by atoms with Crippen LogP contribution in [0.15, 0.2) is 43.1 Å². The molecule has 134 valence electrons. The van der Waals surface area contributed by atoms with E-state index in [1.165, 1.54) is 25.7 Å². The fraction of sp³-hybridized carbons (Fsp3) is 0.333. The molecule has 1 amide bonds. The van der Waals surface area contributed by atoms with Gasteiger partial charge < -0.3 is 9.47 Å². The lowest BCUT2D eigenvalue weighted by Crippen LogP contribution is -2.22. The van der Waals surface area contributed by atoms with E-state index in [9.17, 15) is 4.79 Å². The van der Waals surface area contributed by atoms with E-state index in [4.69, 9.17) is 9.47 Å². The monoisotopic (exact) mass is 350 g/mol. The van der Waals surface area contributed by atoms with Crippen LogP contribution >= 0.6 is 0 Å². The van der Waals surface area contributed by atoms with Gasteiger partial charge in [0, 0.05) is 12.3 Å². The average molecular weight is 350 g/mol. The molecule has 5 heteroatoms. The van der Waals surface area contributed by atoms with Crippen LogP contribution in [0.25, 0.3) is 5.70 Å². The Labute approximate surface area is 153 Å². The van der Waals surface area contributed by atoms with Crippen LogP contribution in [0.3, 0.4) is 0 Å². The Morgan fingerprint density at radius 1 is 1.23 bits per heavy atom. The lowest BCUT2D eigenvalue weighted by molar-refractivity contribution is 0.101. The molecule has 0 unspecified atom stereocenters. The van der Waals surface area contributed by atoms with Crippen LogP contribution in [-0.4, -0.2) is 24.6 Å². The molecule has 0 saturated heterocycles. The van der Waals surface area contributed by atoms with Crippen molar-refractivity contribution in [3.05, 3.63) is 54.4 Å². The van der Waals surface area contributed by atoms with Crippen molar-refractivity contribution >= 4 is 17.3 Å². The number of carbonyl (C=O) groups is 1. The molecule has 1 fully saturated rings. The third-order valence-corrected chi connectivity index (χ3v) is 5.14. The normalized spacial score (nSPS) is 16.9. The van der Waals surface area contributed by atoms with Gasteiger partial charge in [-0.25, -0.2) is 0 Å². The van der Waals surface area contributed by atoms with E-state index in [-0.39, 0.29) is 5.91 Å². The minimum atomic E-state index is -0.120. The number of hydrogen-bond donors (Lipinski definition) is 0. The topological polar surface area (TPSA) is 51.7 Å². The third-order valence-electron chi connectivity index (χ3n) is 5.14. The van der Waals surface area contributed by atoms with Crippen LogP contribution in [-0.2, 0) is 0 Å². The number of anilines is 1. The second kappa shape index (κ2) is 6.83. The summed E-state index contributed by atoms with van der Waals surface area (Å²) in [7, 11) is 1.62. The molecule has 1 saturated carbocycles. The summed E-state index contributed by atoms with van der Waals surface area (Å²) < 4.78 is 11.5. The van der Waals surface area contributed by atoms with Gasteiger partial charge in [-0.3, -0.25) is 14.7 Å². The zero-order chi connectivity index (χ0) is 18.1.